The first-order valence-electron chi connectivity index (χ1n) is 8.43. The Morgan fingerprint density at radius 2 is 1.85 bits per heavy atom. The highest BCUT2D eigenvalue weighted by Gasteiger charge is 2.15. The quantitative estimate of drug-likeness (QED) is 0.342. The van der Waals surface area contributed by atoms with E-state index in [0.29, 0.717) is 6.54 Å². The predicted octanol–water partition coefficient (Wildman–Crippen LogP) is 2.96. The second-order valence-corrected chi connectivity index (χ2v) is 5.79. The van der Waals surface area contributed by atoms with E-state index < -0.39 is 11.9 Å². The van der Waals surface area contributed by atoms with Crippen molar-refractivity contribution in [2.75, 3.05) is 19.0 Å². The number of amides is 1. The third kappa shape index (κ3) is 5.44. The van der Waals surface area contributed by atoms with Crippen LogP contribution >= 0.6 is 0 Å². The van der Waals surface area contributed by atoms with E-state index in [2.05, 4.69) is 10.6 Å². The van der Waals surface area contributed by atoms with Crippen molar-refractivity contribution < 1.29 is 14.3 Å². The van der Waals surface area contributed by atoms with Gasteiger partial charge in [0.15, 0.2) is 0 Å². The number of nitrogens with zero attached hydrogens (tertiary/aromatic N) is 1. The second kappa shape index (κ2) is 9.78. The van der Waals surface area contributed by atoms with Crippen LogP contribution < -0.4 is 10.6 Å². The lowest BCUT2D eigenvalue weighted by atomic mass is 10.1. The van der Waals surface area contributed by atoms with Gasteiger partial charge in [-0.3, -0.25) is 4.79 Å². The number of rotatable bonds is 7. The molecule has 2 aromatic carbocycles. The molecule has 6 heteroatoms. The normalized spacial score (nSPS) is 10.6. The number of anilines is 1. The van der Waals surface area contributed by atoms with Gasteiger partial charge in [-0.1, -0.05) is 36.4 Å². The zero-order chi connectivity index (χ0) is 19.6. The van der Waals surface area contributed by atoms with Gasteiger partial charge in [0.05, 0.1) is 18.4 Å². The molecule has 0 radical (unpaired) electrons. The highest BCUT2D eigenvalue weighted by atomic mass is 16.5. The molecule has 2 rings (SSSR count). The minimum atomic E-state index is -0.600. The number of para-hydroxylation sites is 1. The molecule has 0 atom stereocenters. The molecular formula is C21H21N3O3. The fourth-order valence-corrected chi connectivity index (χ4v) is 2.49. The Balaban J connectivity index is 2.00. The van der Waals surface area contributed by atoms with E-state index in [9.17, 15) is 14.9 Å². The number of nitriles is 1. The van der Waals surface area contributed by atoms with Crippen LogP contribution in [0.15, 0.2) is 60.3 Å². The molecule has 0 saturated heterocycles. The number of benzene rings is 2. The summed E-state index contributed by atoms with van der Waals surface area (Å²) in [6.45, 7) is 2.63. The van der Waals surface area contributed by atoms with E-state index in [1.165, 1.54) is 30.5 Å². The topological polar surface area (TPSA) is 91.2 Å². The smallest absolute Gasteiger partial charge is 0.339 e. The Morgan fingerprint density at radius 3 is 2.56 bits per heavy atom. The van der Waals surface area contributed by atoms with E-state index in [-0.39, 0.29) is 16.8 Å². The third-order valence-electron chi connectivity index (χ3n) is 3.99. The van der Waals surface area contributed by atoms with E-state index >= 15 is 0 Å². The number of hydrogen-bond acceptors (Lipinski definition) is 5. The number of hydrogen-bond donors (Lipinski definition) is 2. The first kappa shape index (κ1) is 19.7. The second-order valence-electron chi connectivity index (χ2n) is 5.79. The molecule has 0 aliphatic heterocycles. The molecule has 0 spiro atoms. The van der Waals surface area contributed by atoms with Gasteiger partial charge in [0, 0.05) is 12.7 Å². The Bertz CT molecular complexity index is 898. The van der Waals surface area contributed by atoms with Crippen LogP contribution in [-0.2, 0) is 16.0 Å². The number of nitrogens with one attached hydrogen (secondary N) is 2. The van der Waals surface area contributed by atoms with Crippen molar-refractivity contribution in [3.8, 4) is 6.07 Å². The fourth-order valence-electron chi connectivity index (χ4n) is 2.49. The van der Waals surface area contributed by atoms with Crippen molar-refractivity contribution in [3.63, 3.8) is 0 Å². The van der Waals surface area contributed by atoms with Gasteiger partial charge in [0.25, 0.3) is 5.91 Å². The van der Waals surface area contributed by atoms with E-state index in [1.807, 2.05) is 37.3 Å². The SMILES string of the molecule is COC(=O)c1ccccc1NC(=O)/C(C#N)=C\NCCc1ccccc1C. The van der Waals surface area contributed by atoms with Gasteiger partial charge < -0.3 is 15.4 Å². The van der Waals surface area contributed by atoms with Gasteiger partial charge in [-0.05, 0) is 36.6 Å². The van der Waals surface area contributed by atoms with Gasteiger partial charge in [0.2, 0.25) is 0 Å². The summed E-state index contributed by atoms with van der Waals surface area (Å²) in [7, 11) is 1.26. The summed E-state index contributed by atoms with van der Waals surface area (Å²) >= 11 is 0. The average Bonchev–Trinajstić information content (AvgIpc) is 2.69. The first-order valence-corrected chi connectivity index (χ1v) is 8.43. The number of aryl methyl sites for hydroxylation is 1. The molecule has 1 amide bonds. The lowest BCUT2D eigenvalue weighted by Crippen LogP contribution is -2.19. The van der Waals surface area contributed by atoms with Gasteiger partial charge in [-0.25, -0.2) is 4.79 Å². The Labute approximate surface area is 158 Å². The van der Waals surface area contributed by atoms with Crippen molar-refractivity contribution in [1.29, 1.82) is 5.26 Å². The monoisotopic (exact) mass is 363 g/mol. The molecule has 0 fully saturated rings. The van der Waals surface area contributed by atoms with E-state index in [4.69, 9.17) is 4.74 Å². The largest absolute Gasteiger partial charge is 0.465 e. The van der Waals surface area contributed by atoms with Crippen LogP contribution in [0, 0.1) is 18.3 Å². The van der Waals surface area contributed by atoms with Crippen LogP contribution in [0.1, 0.15) is 21.5 Å². The standard InChI is InChI=1S/C21H21N3O3/c1-15-7-3-4-8-16(15)11-12-23-14-17(13-22)20(25)24-19-10-6-5-9-18(19)21(26)27-2/h3-10,14,23H,11-12H2,1-2H3,(H,24,25)/b17-14-. The summed E-state index contributed by atoms with van der Waals surface area (Å²) in [6, 6.07) is 16.4. The van der Waals surface area contributed by atoms with Gasteiger partial charge in [-0.2, -0.15) is 5.26 Å². The number of methoxy groups -OCH3 is 1. The molecule has 2 N–H and O–H groups in total. The number of ether oxygens (including phenoxy) is 1. The summed E-state index contributed by atoms with van der Waals surface area (Å²) in [4.78, 5) is 24.1. The van der Waals surface area contributed by atoms with Crippen LogP contribution in [0.2, 0.25) is 0 Å². The molecule has 0 aliphatic rings. The maximum absolute atomic E-state index is 12.3. The van der Waals surface area contributed by atoms with Crippen molar-refractivity contribution >= 4 is 17.6 Å². The zero-order valence-electron chi connectivity index (χ0n) is 15.3. The van der Waals surface area contributed by atoms with Crippen LogP contribution in [-0.4, -0.2) is 25.5 Å². The maximum Gasteiger partial charge on any atom is 0.339 e. The zero-order valence-corrected chi connectivity index (χ0v) is 15.3. The van der Waals surface area contributed by atoms with E-state index in [1.54, 1.807) is 18.2 Å². The highest BCUT2D eigenvalue weighted by Crippen LogP contribution is 2.16. The molecule has 0 saturated carbocycles. The van der Waals surface area contributed by atoms with Crippen molar-refractivity contribution in [2.45, 2.75) is 13.3 Å². The Morgan fingerprint density at radius 1 is 1.15 bits per heavy atom. The van der Waals surface area contributed by atoms with Gasteiger partial charge in [-0.15, -0.1) is 0 Å². The predicted molar refractivity (Wildman–Crippen MR) is 103 cm³/mol. The molecule has 0 heterocycles. The molecule has 0 bridgehead atoms. The first-order chi connectivity index (χ1) is 13.1. The van der Waals surface area contributed by atoms with Crippen LogP contribution in [0.25, 0.3) is 0 Å². The van der Waals surface area contributed by atoms with Crippen molar-refractivity contribution in [2.24, 2.45) is 0 Å². The number of carbonyl (C=O) groups is 2. The summed E-state index contributed by atoms with van der Waals surface area (Å²) in [6.07, 6.45) is 2.16. The van der Waals surface area contributed by atoms with Crippen LogP contribution in [0.5, 0.6) is 0 Å². The van der Waals surface area contributed by atoms with Crippen LogP contribution in [0.3, 0.4) is 0 Å². The summed E-state index contributed by atoms with van der Waals surface area (Å²) in [5.41, 5.74) is 2.82. The van der Waals surface area contributed by atoms with Crippen molar-refractivity contribution in [3.05, 3.63) is 77.0 Å². The molecule has 2 aromatic rings. The molecule has 27 heavy (non-hydrogen) atoms. The fraction of sp³-hybridized carbons (Fsp3) is 0.190. The minimum Gasteiger partial charge on any atom is -0.465 e. The molecule has 0 unspecified atom stereocenters. The average molecular weight is 363 g/mol. The highest BCUT2D eigenvalue weighted by molar-refractivity contribution is 6.09. The molecule has 0 aromatic heterocycles. The summed E-state index contributed by atoms with van der Waals surface area (Å²) in [5, 5.41) is 14.8. The molecular weight excluding hydrogens is 342 g/mol. The van der Waals surface area contributed by atoms with Gasteiger partial charge >= 0.3 is 5.97 Å². The van der Waals surface area contributed by atoms with Crippen LogP contribution in [0.4, 0.5) is 5.69 Å². The molecule has 0 aliphatic carbocycles. The summed E-state index contributed by atoms with van der Waals surface area (Å²) < 4.78 is 4.69. The minimum absolute atomic E-state index is 0.0838. The van der Waals surface area contributed by atoms with E-state index in [0.717, 1.165) is 6.42 Å². The Hall–Kier alpha value is -3.59. The lowest BCUT2D eigenvalue weighted by Gasteiger charge is -2.09. The molecule has 138 valence electrons. The number of carbonyl (C=O) groups excluding carboxylic acids is 2. The maximum atomic E-state index is 12.3. The third-order valence-corrected chi connectivity index (χ3v) is 3.99. The lowest BCUT2D eigenvalue weighted by molar-refractivity contribution is -0.112. The van der Waals surface area contributed by atoms with Gasteiger partial charge in [0.1, 0.15) is 11.6 Å². The molecule has 6 nitrogen and oxygen atoms in total. The Kier molecular flexibility index (Phi) is 7.15. The summed E-state index contributed by atoms with van der Waals surface area (Å²) in [5.74, 6) is -1.16. The number of esters is 1. The van der Waals surface area contributed by atoms with Crippen molar-refractivity contribution in [1.82, 2.24) is 5.32 Å².